The summed E-state index contributed by atoms with van der Waals surface area (Å²) in [5.41, 5.74) is 8.02. The van der Waals surface area contributed by atoms with Gasteiger partial charge in [-0.3, -0.25) is 0 Å². The van der Waals surface area contributed by atoms with Crippen LogP contribution in [0.1, 0.15) is 11.1 Å². The number of hydrogen-bond acceptors (Lipinski definition) is 10. The van der Waals surface area contributed by atoms with E-state index in [0.717, 1.165) is 24.7 Å². The molecule has 0 atom stereocenters. The first kappa shape index (κ1) is 30.4. The lowest BCUT2D eigenvalue weighted by molar-refractivity contribution is 1.03. The first-order valence-electron chi connectivity index (χ1n) is 10.1. The van der Waals surface area contributed by atoms with E-state index in [-0.39, 0.29) is 5.28 Å². The molecule has 0 aliphatic carbocycles. The summed E-state index contributed by atoms with van der Waals surface area (Å²) >= 11 is 15.3. The number of halogens is 3. The number of nitrogens with two attached hydrogens (primary N) is 1. The van der Waals surface area contributed by atoms with Crippen LogP contribution in [0.2, 0.25) is 5.28 Å². The van der Waals surface area contributed by atoms with Gasteiger partial charge in [0.1, 0.15) is 10.1 Å². The number of rotatable bonds is 4. The Balaban J connectivity index is 0.000000214. The Kier molecular flexibility index (Phi) is 13.2. The van der Waals surface area contributed by atoms with Crippen molar-refractivity contribution >= 4 is 84.3 Å². The molecule has 0 aliphatic rings. The predicted octanol–water partition coefficient (Wildman–Crippen LogP) is 7.33. The zero-order valence-electron chi connectivity index (χ0n) is 19.5. The summed E-state index contributed by atoms with van der Waals surface area (Å²) in [7, 11) is 0. The van der Waals surface area contributed by atoms with Gasteiger partial charge in [-0.1, -0.05) is 12.1 Å². The monoisotopic (exact) mass is 676 g/mol. The molecule has 2 aromatic carbocycles. The number of thioether (sulfide) groups is 2. The summed E-state index contributed by atoms with van der Waals surface area (Å²) in [4.78, 5) is 16.3. The average Bonchev–Trinajstić information content (AvgIpc) is 2.92. The average molecular weight is 679 g/mol. The molecule has 0 unspecified atom stereocenters. The molecule has 0 bridgehead atoms. The van der Waals surface area contributed by atoms with Gasteiger partial charge in [-0.25, -0.2) is 19.9 Å². The standard InChI is InChI=1S/C12H9BrN4S.C7H6N2.C5H4BrClN2S/c1-18-11-10(13)7-15-12(17-11)16-9-4-2-3-8(5-9)6-14;8-5-6-2-1-3-7(9)4-6;1-10-4-3(6)2-8-5(7)9-4/h2-5,7H,1H3,(H,15,16,17);1-4H,9H2;2H,1H3. The van der Waals surface area contributed by atoms with E-state index in [4.69, 9.17) is 27.9 Å². The maximum Gasteiger partial charge on any atom is 0.228 e. The molecule has 188 valence electrons. The quantitative estimate of drug-likeness (QED) is 0.0977. The van der Waals surface area contributed by atoms with E-state index in [1.165, 1.54) is 23.5 Å². The van der Waals surface area contributed by atoms with E-state index in [1.807, 2.05) is 30.7 Å². The highest BCUT2D eigenvalue weighted by molar-refractivity contribution is 9.10. The van der Waals surface area contributed by atoms with Gasteiger partial charge in [-0.2, -0.15) is 10.5 Å². The molecule has 0 radical (unpaired) electrons. The molecule has 0 saturated heterocycles. The summed E-state index contributed by atoms with van der Waals surface area (Å²) in [5, 5.41) is 22.3. The molecule has 4 rings (SSSR count). The summed E-state index contributed by atoms with van der Waals surface area (Å²) in [5.74, 6) is 0.512. The lowest BCUT2D eigenvalue weighted by Gasteiger charge is -2.06. The molecule has 13 heteroatoms. The van der Waals surface area contributed by atoms with Crippen LogP contribution in [-0.4, -0.2) is 32.4 Å². The molecule has 0 spiro atoms. The third kappa shape index (κ3) is 10.6. The molecule has 0 fully saturated rings. The highest BCUT2D eigenvalue weighted by Crippen LogP contribution is 2.25. The van der Waals surface area contributed by atoms with Crippen LogP contribution in [-0.2, 0) is 0 Å². The second-order valence-corrected chi connectivity index (χ2v) is 10.2. The van der Waals surface area contributed by atoms with Gasteiger partial charge in [0.25, 0.3) is 0 Å². The molecule has 0 amide bonds. The number of nitrogen functional groups attached to an aromatic ring is 1. The Morgan fingerprint density at radius 2 is 1.43 bits per heavy atom. The fourth-order valence-electron chi connectivity index (χ4n) is 2.43. The fourth-order valence-corrected chi connectivity index (χ4v) is 4.82. The van der Waals surface area contributed by atoms with Crippen molar-refractivity contribution in [2.24, 2.45) is 0 Å². The van der Waals surface area contributed by atoms with E-state index in [2.05, 4.69) is 63.2 Å². The van der Waals surface area contributed by atoms with Crippen LogP contribution in [0.15, 0.2) is 79.9 Å². The Bertz CT molecular complexity index is 1430. The van der Waals surface area contributed by atoms with Crippen LogP contribution in [0.25, 0.3) is 0 Å². The summed E-state index contributed by atoms with van der Waals surface area (Å²) in [6.45, 7) is 0. The van der Waals surface area contributed by atoms with Crippen molar-refractivity contribution in [3.05, 3.63) is 86.3 Å². The van der Waals surface area contributed by atoms with Gasteiger partial charge in [0, 0.05) is 23.8 Å². The van der Waals surface area contributed by atoms with Crippen LogP contribution >= 0.6 is 67.0 Å². The first-order chi connectivity index (χ1) is 17.8. The number of nitriles is 2. The molecule has 37 heavy (non-hydrogen) atoms. The first-order valence-corrected chi connectivity index (χ1v) is 14.5. The lowest BCUT2D eigenvalue weighted by Crippen LogP contribution is -1.98. The van der Waals surface area contributed by atoms with Gasteiger partial charge in [0.15, 0.2) is 0 Å². The van der Waals surface area contributed by atoms with Crippen LogP contribution in [0, 0.1) is 22.7 Å². The number of nitrogens with zero attached hydrogens (tertiary/aromatic N) is 6. The summed E-state index contributed by atoms with van der Waals surface area (Å²) < 4.78 is 1.75. The van der Waals surface area contributed by atoms with Crippen LogP contribution < -0.4 is 11.1 Å². The zero-order chi connectivity index (χ0) is 27.2. The Labute approximate surface area is 245 Å². The van der Waals surface area contributed by atoms with E-state index < -0.39 is 0 Å². The molecule has 2 heterocycles. The summed E-state index contributed by atoms with van der Waals surface area (Å²) in [6, 6.07) is 18.1. The topological polar surface area (TPSA) is 137 Å². The Hall–Kier alpha value is -2.87. The fraction of sp³-hybridized carbons (Fsp3) is 0.0833. The molecule has 8 nitrogen and oxygen atoms in total. The second-order valence-electron chi connectivity index (χ2n) is 6.60. The van der Waals surface area contributed by atoms with Crippen LogP contribution in [0.3, 0.4) is 0 Å². The Morgan fingerprint density at radius 3 is 1.97 bits per heavy atom. The van der Waals surface area contributed by atoms with Gasteiger partial charge >= 0.3 is 0 Å². The van der Waals surface area contributed by atoms with Crippen molar-refractivity contribution in [1.29, 1.82) is 10.5 Å². The van der Waals surface area contributed by atoms with Crippen molar-refractivity contribution in [3.8, 4) is 12.1 Å². The highest BCUT2D eigenvalue weighted by Gasteiger charge is 2.04. The predicted molar refractivity (Wildman–Crippen MR) is 158 cm³/mol. The zero-order valence-corrected chi connectivity index (χ0v) is 25.0. The van der Waals surface area contributed by atoms with Gasteiger partial charge in [0.05, 0.1) is 32.2 Å². The van der Waals surface area contributed by atoms with Gasteiger partial charge in [-0.05, 0) is 92.4 Å². The SMILES string of the molecule is CSc1nc(Cl)ncc1Br.CSc1nc(Nc2cccc(C#N)c2)ncc1Br.N#Cc1cccc(N)c1. The number of hydrogen-bond donors (Lipinski definition) is 2. The lowest BCUT2D eigenvalue weighted by atomic mass is 10.2. The largest absolute Gasteiger partial charge is 0.399 e. The second kappa shape index (κ2) is 16.1. The minimum Gasteiger partial charge on any atom is -0.399 e. The molecule has 2 aromatic heterocycles. The van der Waals surface area contributed by atoms with Gasteiger partial charge < -0.3 is 11.1 Å². The summed E-state index contributed by atoms with van der Waals surface area (Å²) in [6.07, 6.45) is 7.23. The smallest absolute Gasteiger partial charge is 0.228 e. The third-order valence-corrected chi connectivity index (χ3v) is 7.31. The molecule has 0 saturated carbocycles. The maximum atomic E-state index is 8.83. The third-order valence-electron chi connectivity index (χ3n) is 4.04. The molecule has 4 aromatic rings. The number of anilines is 3. The van der Waals surface area contributed by atoms with E-state index >= 15 is 0 Å². The van der Waals surface area contributed by atoms with E-state index in [1.54, 1.807) is 48.8 Å². The van der Waals surface area contributed by atoms with Crippen molar-refractivity contribution < 1.29 is 0 Å². The van der Waals surface area contributed by atoms with Crippen molar-refractivity contribution in [2.45, 2.75) is 10.1 Å². The van der Waals surface area contributed by atoms with Crippen molar-refractivity contribution in [2.75, 3.05) is 23.6 Å². The molecular weight excluding hydrogens is 660 g/mol. The number of nitrogens with one attached hydrogen (secondary N) is 1. The number of benzene rings is 2. The van der Waals surface area contributed by atoms with Crippen molar-refractivity contribution in [1.82, 2.24) is 19.9 Å². The molecule has 3 N–H and O–H groups in total. The maximum absolute atomic E-state index is 8.83. The van der Waals surface area contributed by atoms with Crippen LogP contribution in [0.5, 0.6) is 0 Å². The van der Waals surface area contributed by atoms with E-state index in [9.17, 15) is 0 Å². The molecule has 0 aliphatic heterocycles. The van der Waals surface area contributed by atoms with E-state index in [0.29, 0.717) is 22.8 Å². The number of aromatic nitrogens is 4. The van der Waals surface area contributed by atoms with Crippen molar-refractivity contribution in [3.63, 3.8) is 0 Å². The van der Waals surface area contributed by atoms with Crippen LogP contribution in [0.4, 0.5) is 17.3 Å². The normalized spacial score (nSPS) is 9.49. The minimum atomic E-state index is 0.285. The van der Waals surface area contributed by atoms with Gasteiger partial charge in [0.2, 0.25) is 11.2 Å². The van der Waals surface area contributed by atoms with Gasteiger partial charge in [-0.15, -0.1) is 23.5 Å². The minimum absolute atomic E-state index is 0.285. The Morgan fingerprint density at radius 1 is 0.865 bits per heavy atom. The molecular formula is C24H19Br2ClN8S2. The highest BCUT2D eigenvalue weighted by atomic mass is 79.9.